The van der Waals surface area contributed by atoms with Gasteiger partial charge in [-0.2, -0.15) is 4.68 Å². The Balaban J connectivity index is 1.87. The molecule has 1 aromatic heterocycles. The molecule has 0 aliphatic carbocycles. The molecule has 0 spiro atoms. The van der Waals surface area contributed by atoms with Crippen LogP contribution >= 0.6 is 11.8 Å². The number of hydrogen-bond acceptors (Lipinski definition) is 7. The Kier molecular flexibility index (Phi) is 7.78. The lowest BCUT2D eigenvalue weighted by Crippen LogP contribution is -2.35. The van der Waals surface area contributed by atoms with Crippen LogP contribution in [-0.4, -0.2) is 50.5 Å². The third-order valence-electron chi connectivity index (χ3n) is 3.85. The average Bonchev–Trinajstić information content (AvgIpc) is 3.08. The van der Waals surface area contributed by atoms with Crippen molar-refractivity contribution >= 4 is 23.6 Å². The first-order valence-corrected chi connectivity index (χ1v) is 9.83. The Labute approximate surface area is 163 Å². The molecule has 8 nitrogen and oxygen atoms in total. The summed E-state index contributed by atoms with van der Waals surface area (Å²) in [6.07, 6.45) is 1.86. The highest BCUT2D eigenvalue weighted by molar-refractivity contribution is 7.99. The van der Waals surface area contributed by atoms with E-state index < -0.39 is 5.97 Å². The molecule has 1 amide bonds. The number of ether oxygens (including phenoxy) is 1. The quantitative estimate of drug-likeness (QED) is 0.517. The highest BCUT2D eigenvalue weighted by Gasteiger charge is 2.15. The molecule has 0 aliphatic heterocycles. The van der Waals surface area contributed by atoms with Gasteiger partial charge in [0.05, 0.1) is 11.4 Å². The normalized spacial score (nSPS) is 11.9. The van der Waals surface area contributed by atoms with E-state index in [2.05, 4.69) is 20.8 Å². The molecule has 9 heteroatoms. The lowest BCUT2D eigenvalue weighted by molar-refractivity contribution is -0.146. The second kappa shape index (κ2) is 10.1. The van der Waals surface area contributed by atoms with Gasteiger partial charge in [-0.05, 0) is 54.8 Å². The van der Waals surface area contributed by atoms with Crippen LogP contribution in [0.1, 0.15) is 37.8 Å². The van der Waals surface area contributed by atoms with Crippen LogP contribution in [0.2, 0.25) is 0 Å². The van der Waals surface area contributed by atoms with Gasteiger partial charge in [-0.1, -0.05) is 37.2 Å². The smallest absolute Gasteiger partial charge is 0.316 e. The summed E-state index contributed by atoms with van der Waals surface area (Å²) in [7, 11) is 0. The Morgan fingerprint density at radius 2 is 2.11 bits per heavy atom. The van der Waals surface area contributed by atoms with E-state index >= 15 is 0 Å². The molecule has 0 saturated carbocycles. The molecule has 1 aromatic carbocycles. The van der Waals surface area contributed by atoms with E-state index in [1.807, 2.05) is 45.9 Å². The fraction of sp³-hybridized carbons (Fsp3) is 0.500. The lowest BCUT2D eigenvalue weighted by Gasteiger charge is -2.12. The molecule has 2 rings (SSSR count). The van der Waals surface area contributed by atoms with Gasteiger partial charge >= 0.3 is 5.97 Å². The second-order valence-corrected chi connectivity index (χ2v) is 7.31. The molecule has 146 valence electrons. The van der Waals surface area contributed by atoms with Gasteiger partial charge in [0.2, 0.25) is 5.16 Å². The number of thioether (sulfide) groups is 1. The number of carbonyl (C=O) groups is 2. The van der Waals surface area contributed by atoms with E-state index in [-0.39, 0.29) is 24.3 Å². The van der Waals surface area contributed by atoms with Crippen molar-refractivity contribution in [2.75, 3.05) is 12.4 Å². The standard InChI is InChI=1S/C18H25N5O3S/c1-5-6-14(4)19-16(24)10-26-17(25)11-27-18-20-21-22-23(18)15-9-12(2)7-8-13(15)3/h7-9,14H,5-6,10-11H2,1-4H3,(H,19,24)/t14-/m1/s1. The molecule has 2 aromatic rings. The Hall–Kier alpha value is -2.42. The summed E-state index contributed by atoms with van der Waals surface area (Å²) in [5, 5.41) is 15.0. The molecule has 1 N–H and O–H groups in total. The zero-order chi connectivity index (χ0) is 19.8. The Morgan fingerprint density at radius 3 is 2.85 bits per heavy atom. The summed E-state index contributed by atoms with van der Waals surface area (Å²) in [6.45, 7) is 7.65. The van der Waals surface area contributed by atoms with Crippen molar-refractivity contribution in [2.24, 2.45) is 0 Å². The van der Waals surface area contributed by atoms with Crippen LogP contribution in [0.15, 0.2) is 23.4 Å². The van der Waals surface area contributed by atoms with Gasteiger partial charge in [-0.15, -0.1) is 5.10 Å². The number of benzene rings is 1. The molecule has 0 unspecified atom stereocenters. The molecule has 0 saturated heterocycles. The maximum atomic E-state index is 11.9. The summed E-state index contributed by atoms with van der Waals surface area (Å²) >= 11 is 1.17. The number of carbonyl (C=O) groups excluding carboxylic acids is 2. The van der Waals surface area contributed by atoms with Crippen LogP contribution < -0.4 is 5.32 Å². The molecule has 0 bridgehead atoms. The van der Waals surface area contributed by atoms with E-state index in [9.17, 15) is 9.59 Å². The average molecular weight is 391 g/mol. The van der Waals surface area contributed by atoms with Crippen LogP contribution in [0.3, 0.4) is 0 Å². The predicted molar refractivity (Wildman–Crippen MR) is 103 cm³/mol. The highest BCUT2D eigenvalue weighted by Crippen LogP contribution is 2.21. The number of nitrogens with one attached hydrogen (secondary N) is 1. The molecular weight excluding hydrogens is 366 g/mol. The number of rotatable bonds is 9. The first-order chi connectivity index (χ1) is 12.9. The minimum absolute atomic E-state index is 0.0169. The van der Waals surface area contributed by atoms with Crippen molar-refractivity contribution in [2.45, 2.75) is 51.7 Å². The SMILES string of the molecule is CCC[C@@H](C)NC(=O)COC(=O)CSc1nnnn1-c1cc(C)ccc1C. The maximum absolute atomic E-state index is 11.9. The zero-order valence-electron chi connectivity index (χ0n) is 16.1. The number of tetrazole rings is 1. The third kappa shape index (κ3) is 6.35. The van der Waals surface area contributed by atoms with Gasteiger partial charge in [-0.3, -0.25) is 9.59 Å². The van der Waals surface area contributed by atoms with Crippen molar-refractivity contribution in [1.82, 2.24) is 25.5 Å². The van der Waals surface area contributed by atoms with Gasteiger partial charge < -0.3 is 10.1 Å². The van der Waals surface area contributed by atoms with E-state index in [4.69, 9.17) is 4.74 Å². The topological polar surface area (TPSA) is 99.0 Å². The van der Waals surface area contributed by atoms with E-state index in [1.54, 1.807) is 4.68 Å². The van der Waals surface area contributed by atoms with Crippen LogP contribution in [0.4, 0.5) is 0 Å². The van der Waals surface area contributed by atoms with Crippen LogP contribution in [0, 0.1) is 13.8 Å². The molecular formula is C18H25N5O3S. The van der Waals surface area contributed by atoms with Gasteiger partial charge in [0, 0.05) is 6.04 Å². The number of hydrogen-bond donors (Lipinski definition) is 1. The van der Waals surface area contributed by atoms with Gasteiger partial charge in [0.25, 0.3) is 5.91 Å². The molecule has 0 fully saturated rings. The Bertz CT molecular complexity index is 793. The number of nitrogens with zero attached hydrogens (tertiary/aromatic N) is 4. The van der Waals surface area contributed by atoms with Crippen molar-refractivity contribution in [1.29, 1.82) is 0 Å². The predicted octanol–water partition coefficient (Wildman–Crippen LogP) is 2.22. The van der Waals surface area contributed by atoms with E-state index in [1.165, 1.54) is 11.8 Å². The van der Waals surface area contributed by atoms with Gasteiger partial charge in [-0.25, -0.2) is 0 Å². The number of aryl methyl sites for hydroxylation is 2. The largest absolute Gasteiger partial charge is 0.455 e. The van der Waals surface area contributed by atoms with Crippen LogP contribution in [0.25, 0.3) is 5.69 Å². The van der Waals surface area contributed by atoms with Crippen LogP contribution in [0.5, 0.6) is 0 Å². The summed E-state index contributed by atoms with van der Waals surface area (Å²) in [5.41, 5.74) is 2.97. The van der Waals surface area contributed by atoms with Gasteiger partial charge in [0.1, 0.15) is 0 Å². The first-order valence-electron chi connectivity index (χ1n) is 8.84. The molecule has 0 aliphatic rings. The highest BCUT2D eigenvalue weighted by atomic mass is 32.2. The fourth-order valence-electron chi connectivity index (χ4n) is 2.50. The lowest BCUT2D eigenvalue weighted by atomic mass is 10.1. The molecule has 1 atom stereocenters. The summed E-state index contributed by atoms with van der Waals surface area (Å²) < 4.78 is 6.62. The monoisotopic (exact) mass is 391 g/mol. The molecule has 0 radical (unpaired) electrons. The summed E-state index contributed by atoms with van der Waals surface area (Å²) in [6, 6.07) is 6.06. The molecule has 1 heterocycles. The third-order valence-corrected chi connectivity index (χ3v) is 4.74. The van der Waals surface area contributed by atoms with E-state index in [0.29, 0.717) is 5.16 Å². The Morgan fingerprint density at radius 1 is 1.33 bits per heavy atom. The minimum atomic E-state index is -0.492. The molecule has 27 heavy (non-hydrogen) atoms. The number of aromatic nitrogens is 4. The van der Waals surface area contributed by atoms with E-state index in [0.717, 1.165) is 29.7 Å². The van der Waals surface area contributed by atoms with Crippen molar-refractivity contribution in [3.8, 4) is 5.69 Å². The van der Waals surface area contributed by atoms with Crippen molar-refractivity contribution in [3.63, 3.8) is 0 Å². The van der Waals surface area contributed by atoms with Crippen LogP contribution in [-0.2, 0) is 14.3 Å². The van der Waals surface area contributed by atoms with Gasteiger partial charge in [0.15, 0.2) is 6.61 Å². The van der Waals surface area contributed by atoms with Crippen molar-refractivity contribution in [3.05, 3.63) is 29.3 Å². The second-order valence-electron chi connectivity index (χ2n) is 6.37. The summed E-state index contributed by atoms with van der Waals surface area (Å²) in [4.78, 5) is 23.7. The minimum Gasteiger partial charge on any atom is -0.455 e. The number of esters is 1. The fourth-order valence-corrected chi connectivity index (χ4v) is 3.18. The number of amides is 1. The zero-order valence-corrected chi connectivity index (χ0v) is 16.9. The summed E-state index contributed by atoms with van der Waals surface area (Å²) in [5.74, 6) is -0.772. The maximum Gasteiger partial charge on any atom is 0.316 e. The van der Waals surface area contributed by atoms with Crippen molar-refractivity contribution < 1.29 is 14.3 Å². The first kappa shape index (κ1) is 20.9.